The van der Waals surface area contributed by atoms with E-state index in [9.17, 15) is 14.4 Å². The number of fused-ring (bicyclic) bond motifs is 2. The number of hydrogen-bond donors (Lipinski definition) is 2. The van der Waals surface area contributed by atoms with Crippen LogP contribution in [0.4, 0.5) is 0 Å². The van der Waals surface area contributed by atoms with Crippen LogP contribution in [-0.2, 0) is 27.2 Å². The predicted octanol–water partition coefficient (Wildman–Crippen LogP) is 4.44. The normalized spacial score (nSPS) is 23.7. The molecular weight excluding hydrogens is 562 g/mol. The lowest BCUT2D eigenvalue weighted by molar-refractivity contribution is -0.142. The Balaban J connectivity index is 1.24. The topological polar surface area (TPSA) is 108 Å². The van der Waals surface area contributed by atoms with E-state index in [4.69, 9.17) is 17.3 Å². The van der Waals surface area contributed by atoms with Crippen LogP contribution in [0.15, 0.2) is 84.0 Å². The number of carbonyl (C=O) groups excluding carboxylic acids is 3. The number of aryl methyl sites for hydroxylation is 1. The molecule has 9 heteroatoms. The largest absolute Gasteiger partial charge is 0.341 e. The molecule has 3 aliphatic rings. The van der Waals surface area contributed by atoms with E-state index in [2.05, 4.69) is 16.5 Å². The molecule has 6 rings (SSSR count). The highest BCUT2D eigenvalue weighted by Gasteiger charge is 2.54. The minimum absolute atomic E-state index is 0.0367. The van der Waals surface area contributed by atoms with Crippen molar-refractivity contribution in [2.24, 2.45) is 22.2 Å². The fourth-order valence-corrected chi connectivity index (χ4v) is 7.02. The molecule has 0 radical (unpaired) electrons. The van der Waals surface area contributed by atoms with E-state index >= 15 is 0 Å². The van der Waals surface area contributed by atoms with Gasteiger partial charge in [0.05, 0.1) is 5.71 Å². The van der Waals surface area contributed by atoms with Crippen molar-refractivity contribution in [1.29, 1.82) is 0 Å². The van der Waals surface area contributed by atoms with Gasteiger partial charge < -0.3 is 16.0 Å². The smallest absolute Gasteiger partial charge is 0.256 e. The second kappa shape index (κ2) is 11.9. The van der Waals surface area contributed by atoms with E-state index in [1.165, 1.54) is 10.6 Å². The van der Waals surface area contributed by atoms with Crippen LogP contribution in [0, 0.1) is 11.3 Å². The molecule has 1 fully saturated rings. The molecule has 0 bridgehead atoms. The first-order valence-electron chi connectivity index (χ1n) is 14.8. The van der Waals surface area contributed by atoms with Crippen molar-refractivity contribution >= 4 is 35.0 Å². The number of nitrogens with two attached hydrogens (primary N) is 1. The zero-order valence-electron chi connectivity index (χ0n) is 24.2. The Kier molecular flexibility index (Phi) is 8.07. The minimum atomic E-state index is -0.944. The average molecular weight is 598 g/mol. The van der Waals surface area contributed by atoms with E-state index < -0.39 is 11.5 Å². The SMILES string of the molecule is CN1N=C2CCN(C(=O)C(NC(=O)CC3CCc4ccccc4C3N)c3ccc(Cl)cc3)CC2(Cc2ccccc2)C1=O. The molecule has 4 atom stereocenters. The van der Waals surface area contributed by atoms with Crippen LogP contribution < -0.4 is 11.1 Å². The van der Waals surface area contributed by atoms with Gasteiger partial charge in [-0.2, -0.15) is 5.10 Å². The van der Waals surface area contributed by atoms with Crippen LogP contribution in [0.25, 0.3) is 0 Å². The molecule has 43 heavy (non-hydrogen) atoms. The van der Waals surface area contributed by atoms with Crippen LogP contribution in [-0.4, -0.2) is 53.5 Å². The first kappa shape index (κ1) is 29.1. The molecule has 2 aliphatic heterocycles. The number of piperidine rings is 1. The highest BCUT2D eigenvalue weighted by atomic mass is 35.5. The van der Waals surface area contributed by atoms with Crippen molar-refractivity contribution in [1.82, 2.24) is 15.2 Å². The summed E-state index contributed by atoms with van der Waals surface area (Å²) in [5.41, 5.74) is 10.4. The summed E-state index contributed by atoms with van der Waals surface area (Å²) in [6, 6.07) is 23.7. The summed E-state index contributed by atoms with van der Waals surface area (Å²) in [5.74, 6) is -0.654. The Bertz CT molecular complexity index is 1560. The van der Waals surface area contributed by atoms with Crippen LogP contribution in [0.2, 0.25) is 5.02 Å². The number of nitrogens with one attached hydrogen (secondary N) is 1. The maximum atomic E-state index is 14.3. The number of hydrazone groups is 1. The number of hydrogen-bond acceptors (Lipinski definition) is 5. The summed E-state index contributed by atoms with van der Waals surface area (Å²) < 4.78 is 0. The summed E-state index contributed by atoms with van der Waals surface area (Å²) in [4.78, 5) is 43.2. The van der Waals surface area contributed by atoms with Crippen molar-refractivity contribution in [2.75, 3.05) is 20.1 Å². The van der Waals surface area contributed by atoms with E-state index in [0.717, 1.165) is 29.7 Å². The molecule has 0 aromatic heterocycles. The quantitative estimate of drug-likeness (QED) is 0.420. The van der Waals surface area contributed by atoms with Gasteiger partial charge in [0, 0.05) is 44.0 Å². The van der Waals surface area contributed by atoms with Gasteiger partial charge in [-0.05, 0) is 59.6 Å². The van der Waals surface area contributed by atoms with Gasteiger partial charge in [-0.3, -0.25) is 14.4 Å². The first-order valence-corrected chi connectivity index (χ1v) is 15.2. The molecule has 1 aliphatic carbocycles. The third-order valence-electron chi connectivity index (χ3n) is 9.18. The Morgan fingerprint density at radius 2 is 1.77 bits per heavy atom. The summed E-state index contributed by atoms with van der Waals surface area (Å²) in [7, 11) is 1.66. The predicted molar refractivity (Wildman–Crippen MR) is 166 cm³/mol. The third kappa shape index (κ3) is 5.69. The molecule has 1 saturated heterocycles. The van der Waals surface area contributed by atoms with Crippen LogP contribution in [0.1, 0.15) is 53.6 Å². The lowest BCUT2D eigenvalue weighted by atomic mass is 9.73. The van der Waals surface area contributed by atoms with Gasteiger partial charge >= 0.3 is 0 Å². The number of carbonyl (C=O) groups is 3. The number of amides is 3. The van der Waals surface area contributed by atoms with Gasteiger partial charge in [-0.1, -0.05) is 78.3 Å². The lowest BCUT2D eigenvalue weighted by Gasteiger charge is -2.40. The second-order valence-corrected chi connectivity index (χ2v) is 12.3. The Morgan fingerprint density at radius 1 is 1.05 bits per heavy atom. The summed E-state index contributed by atoms with van der Waals surface area (Å²) >= 11 is 6.17. The molecule has 3 aromatic rings. The van der Waals surface area contributed by atoms with Crippen LogP contribution in [0.5, 0.6) is 0 Å². The lowest BCUT2D eigenvalue weighted by Crippen LogP contribution is -2.57. The number of halogens is 1. The van der Waals surface area contributed by atoms with E-state index in [-0.39, 0.29) is 42.6 Å². The number of rotatable bonds is 7. The standard InChI is InChI=1S/C34H36ClN5O3/c1-39-33(43)34(20-22-7-3-2-4-8-22)21-40(18-17-28(34)38-39)32(42)31(24-13-15-26(35)16-14-24)37-29(41)19-25-12-11-23-9-5-6-10-27(23)30(25)36/h2-10,13-16,25,30-31H,11-12,17-21,36H2,1H3,(H,37,41). The summed E-state index contributed by atoms with van der Waals surface area (Å²) in [6.07, 6.45) is 2.80. The van der Waals surface area contributed by atoms with Crippen molar-refractivity contribution in [2.45, 2.75) is 44.2 Å². The summed E-state index contributed by atoms with van der Waals surface area (Å²) in [6.45, 7) is 0.590. The van der Waals surface area contributed by atoms with Gasteiger partial charge in [-0.15, -0.1) is 0 Å². The second-order valence-electron chi connectivity index (χ2n) is 11.9. The van der Waals surface area contributed by atoms with Crippen molar-refractivity contribution in [3.05, 3.63) is 106 Å². The zero-order valence-corrected chi connectivity index (χ0v) is 25.0. The molecule has 0 saturated carbocycles. The van der Waals surface area contributed by atoms with Crippen molar-refractivity contribution in [3.63, 3.8) is 0 Å². The fraction of sp³-hybridized carbons (Fsp3) is 0.353. The first-order chi connectivity index (χ1) is 20.7. The fourth-order valence-electron chi connectivity index (χ4n) is 6.89. The maximum Gasteiger partial charge on any atom is 0.256 e. The van der Waals surface area contributed by atoms with Gasteiger partial charge in [0.1, 0.15) is 11.5 Å². The monoisotopic (exact) mass is 597 g/mol. The Morgan fingerprint density at radius 3 is 2.53 bits per heavy atom. The van der Waals surface area contributed by atoms with E-state index in [1.54, 1.807) is 36.2 Å². The van der Waals surface area contributed by atoms with Crippen molar-refractivity contribution in [3.8, 4) is 0 Å². The molecule has 4 unspecified atom stereocenters. The molecule has 0 spiro atoms. The molecular formula is C34H36ClN5O3. The minimum Gasteiger partial charge on any atom is -0.341 e. The Hall–Kier alpha value is -4.01. The average Bonchev–Trinajstić information content (AvgIpc) is 3.26. The molecule has 8 nitrogen and oxygen atoms in total. The zero-order chi connectivity index (χ0) is 30.1. The Labute approximate surface area is 256 Å². The summed E-state index contributed by atoms with van der Waals surface area (Å²) in [5, 5.41) is 9.53. The molecule has 222 valence electrons. The maximum absolute atomic E-state index is 14.3. The molecule has 2 heterocycles. The van der Waals surface area contributed by atoms with Gasteiger partial charge in [-0.25, -0.2) is 5.01 Å². The van der Waals surface area contributed by atoms with Gasteiger partial charge in [0.15, 0.2) is 0 Å². The number of benzene rings is 3. The van der Waals surface area contributed by atoms with E-state index in [0.29, 0.717) is 30.0 Å². The van der Waals surface area contributed by atoms with Gasteiger partial charge in [0.25, 0.3) is 5.91 Å². The van der Waals surface area contributed by atoms with Crippen molar-refractivity contribution < 1.29 is 14.4 Å². The molecule has 3 N–H and O–H groups in total. The van der Waals surface area contributed by atoms with Crippen LogP contribution >= 0.6 is 11.6 Å². The third-order valence-corrected chi connectivity index (χ3v) is 9.43. The molecule has 3 aromatic carbocycles. The highest BCUT2D eigenvalue weighted by molar-refractivity contribution is 6.30. The number of nitrogens with zero attached hydrogens (tertiary/aromatic N) is 3. The molecule has 3 amide bonds. The highest BCUT2D eigenvalue weighted by Crippen LogP contribution is 2.39. The number of likely N-dealkylation sites (tertiary alicyclic amines) is 1. The van der Waals surface area contributed by atoms with Gasteiger partial charge in [0.2, 0.25) is 11.8 Å². The van der Waals surface area contributed by atoms with Crippen LogP contribution in [0.3, 0.4) is 0 Å². The van der Waals surface area contributed by atoms with E-state index in [1.807, 2.05) is 48.5 Å².